The molecule has 0 aromatic rings. The Kier molecular flexibility index (Phi) is 1.98. The monoisotopic (exact) mass is 162 g/mol. The molecule has 1 N–H and O–H groups in total. The number of hydrogen-bond donors (Lipinski definition) is 1. The molecular formula is C6H5F3N2. The van der Waals surface area contributed by atoms with Crippen LogP contribution in [0, 0.1) is 0 Å². The molecule has 0 saturated heterocycles. The molecule has 5 heteroatoms. The van der Waals surface area contributed by atoms with Gasteiger partial charge in [0, 0.05) is 6.21 Å². The van der Waals surface area contributed by atoms with Gasteiger partial charge in [0.25, 0.3) is 0 Å². The lowest BCUT2D eigenvalue weighted by molar-refractivity contribution is -0.0965. The summed E-state index contributed by atoms with van der Waals surface area (Å²) in [6, 6.07) is 0. The molecule has 1 aliphatic rings. The van der Waals surface area contributed by atoms with Gasteiger partial charge in [-0.3, -0.25) is 5.43 Å². The molecule has 0 spiro atoms. The summed E-state index contributed by atoms with van der Waals surface area (Å²) < 4.78 is 35.6. The van der Waals surface area contributed by atoms with Gasteiger partial charge in [-0.2, -0.15) is 18.3 Å². The highest BCUT2D eigenvalue weighted by Gasteiger charge is 2.33. The first-order chi connectivity index (χ1) is 5.11. The SMILES string of the molecule is FC(F)(F)C1=CC=CC=NN1. The van der Waals surface area contributed by atoms with Crippen molar-refractivity contribution < 1.29 is 13.2 Å². The van der Waals surface area contributed by atoms with E-state index in [1.807, 2.05) is 5.43 Å². The zero-order chi connectivity index (χ0) is 8.32. The average Bonchev–Trinajstić information content (AvgIpc) is 2.10. The predicted molar refractivity (Wildman–Crippen MR) is 34.9 cm³/mol. The Morgan fingerprint density at radius 1 is 1.27 bits per heavy atom. The molecule has 0 bridgehead atoms. The van der Waals surface area contributed by atoms with E-state index in [1.165, 1.54) is 18.4 Å². The summed E-state index contributed by atoms with van der Waals surface area (Å²) in [6.07, 6.45) is 0.492. The lowest BCUT2D eigenvalue weighted by Crippen LogP contribution is -2.21. The predicted octanol–water partition coefficient (Wildman–Crippen LogP) is 1.58. The third-order valence-electron chi connectivity index (χ3n) is 1.03. The second kappa shape index (κ2) is 2.77. The van der Waals surface area contributed by atoms with E-state index < -0.39 is 11.9 Å². The summed E-state index contributed by atoms with van der Waals surface area (Å²) in [5, 5.41) is 3.27. The Labute approximate surface area is 61.1 Å². The number of hydrazone groups is 1. The van der Waals surface area contributed by atoms with Crippen molar-refractivity contribution in [3.05, 3.63) is 23.9 Å². The minimum atomic E-state index is -4.36. The molecule has 0 amide bonds. The third-order valence-corrected chi connectivity index (χ3v) is 1.03. The van der Waals surface area contributed by atoms with Crippen molar-refractivity contribution >= 4 is 6.21 Å². The minimum absolute atomic E-state index is 0.859. The lowest BCUT2D eigenvalue weighted by Gasteiger charge is -2.08. The number of halogens is 3. The third kappa shape index (κ3) is 2.10. The molecule has 1 rings (SSSR count). The molecule has 0 aromatic heterocycles. The molecule has 1 aliphatic heterocycles. The number of nitrogens with zero attached hydrogens (tertiary/aromatic N) is 1. The van der Waals surface area contributed by atoms with Gasteiger partial charge < -0.3 is 0 Å². The number of allylic oxidation sites excluding steroid dienone is 4. The van der Waals surface area contributed by atoms with Crippen molar-refractivity contribution in [3.8, 4) is 0 Å². The largest absolute Gasteiger partial charge is 0.432 e. The second-order valence-electron chi connectivity index (χ2n) is 1.85. The van der Waals surface area contributed by atoms with Crippen LogP contribution in [0.1, 0.15) is 0 Å². The van der Waals surface area contributed by atoms with E-state index in [4.69, 9.17) is 0 Å². The van der Waals surface area contributed by atoms with Crippen molar-refractivity contribution in [2.45, 2.75) is 6.18 Å². The Morgan fingerprint density at radius 2 is 2.00 bits per heavy atom. The van der Waals surface area contributed by atoms with E-state index in [9.17, 15) is 13.2 Å². The van der Waals surface area contributed by atoms with Gasteiger partial charge in [0.15, 0.2) is 0 Å². The van der Waals surface area contributed by atoms with Crippen molar-refractivity contribution in [2.24, 2.45) is 5.10 Å². The number of rotatable bonds is 0. The first-order valence-corrected chi connectivity index (χ1v) is 2.84. The molecule has 11 heavy (non-hydrogen) atoms. The molecule has 0 aromatic carbocycles. The van der Waals surface area contributed by atoms with Gasteiger partial charge in [0.05, 0.1) is 0 Å². The van der Waals surface area contributed by atoms with E-state index in [-0.39, 0.29) is 0 Å². The highest BCUT2D eigenvalue weighted by Crippen LogP contribution is 2.23. The smallest absolute Gasteiger partial charge is 0.274 e. The van der Waals surface area contributed by atoms with Gasteiger partial charge in [0.2, 0.25) is 0 Å². The molecule has 0 saturated carbocycles. The molecule has 2 nitrogen and oxygen atoms in total. The Balaban J connectivity index is 2.81. The van der Waals surface area contributed by atoms with Gasteiger partial charge in [-0.15, -0.1) is 0 Å². The van der Waals surface area contributed by atoms with Crippen molar-refractivity contribution in [2.75, 3.05) is 0 Å². The van der Waals surface area contributed by atoms with E-state index in [2.05, 4.69) is 5.10 Å². The van der Waals surface area contributed by atoms with Crippen LogP contribution in [-0.2, 0) is 0 Å². The topological polar surface area (TPSA) is 24.4 Å². The molecule has 60 valence electrons. The van der Waals surface area contributed by atoms with Crippen LogP contribution in [0.5, 0.6) is 0 Å². The zero-order valence-electron chi connectivity index (χ0n) is 5.39. The standard InChI is InChI=1S/C6H5F3N2/c7-6(8,9)5-3-1-2-4-10-11-5/h1-4,11H. The van der Waals surface area contributed by atoms with Crippen LogP contribution < -0.4 is 5.43 Å². The first kappa shape index (κ1) is 7.84. The summed E-state index contributed by atoms with van der Waals surface area (Å²) in [4.78, 5) is 0. The summed E-state index contributed by atoms with van der Waals surface area (Å²) in [6.45, 7) is 0. The second-order valence-corrected chi connectivity index (χ2v) is 1.85. The van der Waals surface area contributed by atoms with E-state index in [1.54, 1.807) is 0 Å². The van der Waals surface area contributed by atoms with Crippen LogP contribution in [0.4, 0.5) is 13.2 Å². The van der Waals surface area contributed by atoms with Crippen LogP contribution in [0.3, 0.4) is 0 Å². The van der Waals surface area contributed by atoms with Gasteiger partial charge in [0.1, 0.15) is 5.70 Å². The fraction of sp³-hybridized carbons (Fsp3) is 0.167. The summed E-state index contributed by atoms with van der Waals surface area (Å²) in [7, 11) is 0. The van der Waals surface area contributed by atoms with Crippen LogP contribution in [-0.4, -0.2) is 12.4 Å². The normalized spacial score (nSPS) is 17.2. The molecule has 0 radical (unpaired) electrons. The lowest BCUT2D eigenvalue weighted by atomic mass is 10.4. The summed E-state index contributed by atoms with van der Waals surface area (Å²) in [5.74, 6) is 0. The highest BCUT2D eigenvalue weighted by molar-refractivity contribution is 5.71. The molecule has 1 heterocycles. The van der Waals surface area contributed by atoms with Gasteiger partial charge in [-0.05, 0) is 12.2 Å². The van der Waals surface area contributed by atoms with Gasteiger partial charge in [-0.25, -0.2) is 0 Å². The Bertz CT molecular complexity index is 224. The first-order valence-electron chi connectivity index (χ1n) is 2.84. The zero-order valence-corrected chi connectivity index (χ0v) is 5.39. The fourth-order valence-electron chi connectivity index (χ4n) is 0.546. The maximum absolute atomic E-state index is 11.9. The number of nitrogens with one attached hydrogen (secondary N) is 1. The van der Waals surface area contributed by atoms with Crippen molar-refractivity contribution in [1.82, 2.24) is 5.43 Å². The maximum Gasteiger partial charge on any atom is 0.432 e. The van der Waals surface area contributed by atoms with Gasteiger partial charge >= 0.3 is 6.18 Å². The fourth-order valence-corrected chi connectivity index (χ4v) is 0.546. The maximum atomic E-state index is 11.9. The summed E-state index contributed by atoms with van der Waals surface area (Å²) in [5.41, 5.74) is 1.01. The molecule has 0 unspecified atom stereocenters. The average molecular weight is 162 g/mol. The van der Waals surface area contributed by atoms with E-state index in [0.717, 1.165) is 6.08 Å². The van der Waals surface area contributed by atoms with Crippen LogP contribution in [0.15, 0.2) is 29.0 Å². The van der Waals surface area contributed by atoms with Gasteiger partial charge in [-0.1, -0.05) is 6.08 Å². The molecule has 0 atom stereocenters. The Hall–Kier alpha value is -1.26. The number of alkyl halides is 3. The summed E-state index contributed by atoms with van der Waals surface area (Å²) >= 11 is 0. The van der Waals surface area contributed by atoms with Crippen molar-refractivity contribution in [3.63, 3.8) is 0 Å². The van der Waals surface area contributed by atoms with E-state index >= 15 is 0 Å². The van der Waals surface area contributed by atoms with Crippen LogP contribution in [0.2, 0.25) is 0 Å². The molecular weight excluding hydrogens is 157 g/mol. The van der Waals surface area contributed by atoms with Crippen molar-refractivity contribution in [1.29, 1.82) is 0 Å². The molecule has 0 fully saturated rings. The number of hydrogen-bond acceptors (Lipinski definition) is 2. The Morgan fingerprint density at radius 3 is 2.64 bits per heavy atom. The van der Waals surface area contributed by atoms with Crippen LogP contribution in [0.25, 0.3) is 0 Å². The molecule has 0 aliphatic carbocycles. The minimum Gasteiger partial charge on any atom is -0.274 e. The quantitative estimate of drug-likeness (QED) is 0.574. The van der Waals surface area contributed by atoms with E-state index in [0.29, 0.717) is 0 Å². The highest BCUT2D eigenvalue weighted by atomic mass is 19.4. The van der Waals surface area contributed by atoms with Crippen LogP contribution >= 0.6 is 0 Å².